The SMILES string of the molecule is CCNC(=NCc1ccccc1CC)NCC. The van der Waals surface area contributed by atoms with Crippen molar-refractivity contribution in [3.05, 3.63) is 35.4 Å². The predicted molar refractivity (Wildman–Crippen MR) is 74.3 cm³/mol. The van der Waals surface area contributed by atoms with Crippen LogP contribution in [0.15, 0.2) is 29.3 Å². The van der Waals surface area contributed by atoms with Gasteiger partial charge in [0.1, 0.15) is 0 Å². The molecule has 0 saturated heterocycles. The first-order valence-electron chi connectivity index (χ1n) is 6.40. The third-order valence-corrected chi connectivity index (χ3v) is 2.60. The van der Waals surface area contributed by atoms with Gasteiger partial charge < -0.3 is 10.6 Å². The van der Waals surface area contributed by atoms with Gasteiger partial charge in [-0.05, 0) is 31.4 Å². The van der Waals surface area contributed by atoms with Crippen LogP contribution in [0.3, 0.4) is 0 Å². The molecule has 3 heteroatoms. The van der Waals surface area contributed by atoms with E-state index < -0.39 is 0 Å². The van der Waals surface area contributed by atoms with Crippen LogP contribution in [0, 0.1) is 0 Å². The van der Waals surface area contributed by atoms with Crippen LogP contribution in [-0.2, 0) is 13.0 Å². The highest BCUT2D eigenvalue weighted by molar-refractivity contribution is 5.79. The fourth-order valence-electron chi connectivity index (χ4n) is 1.73. The van der Waals surface area contributed by atoms with E-state index in [4.69, 9.17) is 0 Å². The Bertz CT molecular complexity index is 350. The molecule has 0 amide bonds. The highest BCUT2D eigenvalue weighted by atomic mass is 15.2. The van der Waals surface area contributed by atoms with Gasteiger partial charge >= 0.3 is 0 Å². The molecule has 3 nitrogen and oxygen atoms in total. The van der Waals surface area contributed by atoms with Crippen molar-refractivity contribution < 1.29 is 0 Å². The van der Waals surface area contributed by atoms with Crippen molar-refractivity contribution in [3.8, 4) is 0 Å². The summed E-state index contributed by atoms with van der Waals surface area (Å²) in [7, 11) is 0. The molecule has 0 fully saturated rings. The molecule has 2 N–H and O–H groups in total. The van der Waals surface area contributed by atoms with Gasteiger partial charge in [-0.15, -0.1) is 0 Å². The molecule has 0 heterocycles. The Morgan fingerprint density at radius 3 is 2.12 bits per heavy atom. The summed E-state index contributed by atoms with van der Waals surface area (Å²) in [6, 6.07) is 8.48. The van der Waals surface area contributed by atoms with E-state index in [9.17, 15) is 0 Å². The molecule has 0 atom stereocenters. The topological polar surface area (TPSA) is 36.4 Å². The van der Waals surface area contributed by atoms with Crippen LogP contribution in [0.5, 0.6) is 0 Å². The molecule has 0 saturated carbocycles. The van der Waals surface area contributed by atoms with Crippen LogP contribution in [0.2, 0.25) is 0 Å². The van der Waals surface area contributed by atoms with E-state index in [1.807, 2.05) is 0 Å². The van der Waals surface area contributed by atoms with Crippen LogP contribution in [0.1, 0.15) is 31.9 Å². The van der Waals surface area contributed by atoms with E-state index in [2.05, 4.69) is 60.7 Å². The number of nitrogens with zero attached hydrogens (tertiary/aromatic N) is 1. The largest absolute Gasteiger partial charge is 0.357 e. The lowest BCUT2D eigenvalue weighted by Crippen LogP contribution is -2.37. The molecule has 0 radical (unpaired) electrons. The Hall–Kier alpha value is -1.51. The molecular weight excluding hydrogens is 210 g/mol. The minimum Gasteiger partial charge on any atom is -0.357 e. The van der Waals surface area contributed by atoms with Gasteiger partial charge in [0.2, 0.25) is 0 Å². The quantitative estimate of drug-likeness (QED) is 0.605. The molecule has 0 aromatic heterocycles. The minimum absolute atomic E-state index is 0.735. The standard InChI is InChI=1S/C14H23N3/c1-4-12-9-7-8-10-13(12)11-17-14(15-5-2)16-6-3/h7-10H,4-6,11H2,1-3H3,(H2,15,16,17). The van der Waals surface area contributed by atoms with Crippen LogP contribution in [-0.4, -0.2) is 19.0 Å². The lowest BCUT2D eigenvalue weighted by Gasteiger charge is -2.10. The smallest absolute Gasteiger partial charge is 0.191 e. The summed E-state index contributed by atoms with van der Waals surface area (Å²) < 4.78 is 0. The van der Waals surface area contributed by atoms with Gasteiger partial charge in [-0.2, -0.15) is 0 Å². The third kappa shape index (κ3) is 4.47. The molecule has 0 bridgehead atoms. The fraction of sp³-hybridized carbons (Fsp3) is 0.500. The number of benzene rings is 1. The van der Waals surface area contributed by atoms with Gasteiger partial charge in [-0.1, -0.05) is 31.2 Å². The van der Waals surface area contributed by atoms with Crippen molar-refractivity contribution in [1.29, 1.82) is 0 Å². The highest BCUT2D eigenvalue weighted by Crippen LogP contribution is 2.10. The van der Waals surface area contributed by atoms with Gasteiger partial charge in [0, 0.05) is 13.1 Å². The van der Waals surface area contributed by atoms with Crippen molar-refractivity contribution in [3.63, 3.8) is 0 Å². The minimum atomic E-state index is 0.735. The highest BCUT2D eigenvalue weighted by Gasteiger charge is 1.99. The third-order valence-electron chi connectivity index (χ3n) is 2.60. The monoisotopic (exact) mass is 233 g/mol. The maximum atomic E-state index is 4.58. The molecular formula is C14H23N3. The second-order valence-corrected chi connectivity index (χ2v) is 3.85. The summed E-state index contributed by atoms with van der Waals surface area (Å²) in [5.74, 6) is 0.890. The van der Waals surface area contributed by atoms with E-state index in [0.29, 0.717) is 0 Å². The summed E-state index contributed by atoms with van der Waals surface area (Å²) in [4.78, 5) is 4.58. The van der Waals surface area contributed by atoms with Gasteiger partial charge in [-0.25, -0.2) is 4.99 Å². The van der Waals surface area contributed by atoms with Crippen molar-refractivity contribution in [2.24, 2.45) is 4.99 Å². The zero-order valence-electron chi connectivity index (χ0n) is 11.1. The number of aryl methyl sites for hydroxylation is 1. The van der Waals surface area contributed by atoms with E-state index in [1.54, 1.807) is 0 Å². The van der Waals surface area contributed by atoms with Crippen molar-refractivity contribution in [2.45, 2.75) is 33.7 Å². The van der Waals surface area contributed by atoms with E-state index in [1.165, 1.54) is 11.1 Å². The molecule has 0 unspecified atom stereocenters. The lowest BCUT2D eigenvalue weighted by atomic mass is 10.1. The molecule has 1 aromatic carbocycles. The number of rotatable bonds is 5. The Labute approximate surface area is 104 Å². The van der Waals surface area contributed by atoms with Crippen LogP contribution >= 0.6 is 0 Å². The van der Waals surface area contributed by atoms with E-state index >= 15 is 0 Å². The van der Waals surface area contributed by atoms with Crippen LogP contribution in [0.4, 0.5) is 0 Å². The van der Waals surface area contributed by atoms with Gasteiger partial charge in [0.25, 0.3) is 0 Å². The summed E-state index contributed by atoms with van der Waals surface area (Å²) in [6.45, 7) is 8.85. The number of hydrogen-bond donors (Lipinski definition) is 2. The van der Waals surface area contributed by atoms with Crippen LogP contribution < -0.4 is 10.6 Å². The molecule has 17 heavy (non-hydrogen) atoms. The van der Waals surface area contributed by atoms with Gasteiger partial charge in [0.15, 0.2) is 5.96 Å². The fourth-order valence-corrected chi connectivity index (χ4v) is 1.73. The van der Waals surface area contributed by atoms with E-state index in [0.717, 1.165) is 32.0 Å². The Balaban J connectivity index is 2.71. The normalized spacial score (nSPS) is 9.82. The average Bonchev–Trinajstić information content (AvgIpc) is 2.37. The number of nitrogens with one attached hydrogen (secondary N) is 2. The Morgan fingerprint density at radius 1 is 1.00 bits per heavy atom. The van der Waals surface area contributed by atoms with E-state index in [-0.39, 0.29) is 0 Å². The molecule has 0 spiro atoms. The van der Waals surface area contributed by atoms with Crippen molar-refractivity contribution in [1.82, 2.24) is 10.6 Å². The molecule has 94 valence electrons. The predicted octanol–water partition coefficient (Wildman–Crippen LogP) is 2.32. The van der Waals surface area contributed by atoms with Gasteiger partial charge in [0.05, 0.1) is 6.54 Å². The Kier molecular flexibility index (Phi) is 6.15. The molecule has 0 aliphatic rings. The second-order valence-electron chi connectivity index (χ2n) is 3.85. The number of guanidine groups is 1. The zero-order valence-corrected chi connectivity index (χ0v) is 11.1. The van der Waals surface area contributed by atoms with Crippen molar-refractivity contribution >= 4 is 5.96 Å². The molecule has 1 aromatic rings. The van der Waals surface area contributed by atoms with Crippen LogP contribution in [0.25, 0.3) is 0 Å². The number of hydrogen-bond acceptors (Lipinski definition) is 1. The first-order chi connectivity index (χ1) is 8.31. The lowest BCUT2D eigenvalue weighted by molar-refractivity contribution is 0.837. The zero-order chi connectivity index (χ0) is 12.5. The first-order valence-corrected chi connectivity index (χ1v) is 6.40. The average molecular weight is 233 g/mol. The second kappa shape index (κ2) is 7.71. The molecule has 0 aliphatic carbocycles. The summed E-state index contributed by atoms with van der Waals surface area (Å²) in [5, 5.41) is 6.46. The maximum absolute atomic E-state index is 4.58. The Morgan fingerprint density at radius 2 is 1.59 bits per heavy atom. The summed E-state index contributed by atoms with van der Waals surface area (Å²) in [6.07, 6.45) is 1.06. The summed E-state index contributed by atoms with van der Waals surface area (Å²) >= 11 is 0. The van der Waals surface area contributed by atoms with Crippen molar-refractivity contribution in [2.75, 3.05) is 13.1 Å². The number of aliphatic imine (C=N–C) groups is 1. The van der Waals surface area contributed by atoms with Gasteiger partial charge in [-0.3, -0.25) is 0 Å². The summed E-state index contributed by atoms with van der Waals surface area (Å²) in [5.41, 5.74) is 2.69. The first kappa shape index (κ1) is 13.6. The molecule has 1 rings (SSSR count). The molecule has 0 aliphatic heterocycles. The maximum Gasteiger partial charge on any atom is 0.191 e.